The highest BCUT2D eigenvalue weighted by molar-refractivity contribution is 5.99. The number of hydrogen-bond acceptors (Lipinski definition) is 3. The summed E-state index contributed by atoms with van der Waals surface area (Å²) in [5.41, 5.74) is 7.59. The second-order valence-corrected chi connectivity index (χ2v) is 4.72. The average molecular weight is 260 g/mol. The first-order valence-corrected chi connectivity index (χ1v) is 6.00. The third-order valence-corrected chi connectivity index (χ3v) is 3.45. The maximum atomic E-state index is 12.0. The smallest absolute Gasteiger partial charge is 0.335 e. The molecule has 1 aliphatic heterocycles. The van der Waals surface area contributed by atoms with Crippen molar-refractivity contribution in [3.05, 3.63) is 35.9 Å². The van der Waals surface area contributed by atoms with Gasteiger partial charge in [-0.2, -0.15) is 0 Å². The molecule has 1 heterocycles. The van der Waals surface area contributed by atoms with Crippen LogP contribution < -0.4 is 10.6 Å². The van der Waals surface area contributed by atoms with Crippen LogP contribution in [0, 0.1) is 12.8 Å². The standard InChI is InChI=1S/C14H16N2O3/c1-3-9-4-13(17)16(7-9)12-6-10(14(18)19)5-11(15)8(12)2/h3,5-6,9H,1,4,7,15H2,2H3,(H,18,19). The molecule has 100 valence electrons. The summed E-state index contributed by atoms with van der Waals surface area (Å²) < 4.78 is 0. The van der Waals surface area contributed by atoms with Gasteiger partial charge in [0.05, 0.1) is 5.56 Å². The van der Waals surface area contributed by atoms with Crippen LogP contribution in [-0.4, -0.2) is 23.5 Å². The van der Waals surface area contributed by atoms with Crippen LogP contribution in [0.15, 0.2) is 24.8 Å². The Kier molecular flexibility index (Phi) is 3.29. The minimum absolute atomic E-state index is 0.0325. The van der Waals surface area contributed by atoms with Gasteiger partial charge in [-0.15, -0.1) is 6.58 Å². The molecule has 0 aromatic heterocycles. The normalized spacial score (nSPS) is 18.7. The largest absolute Gasteiger partial charge is 0.478 e. The number of nitrogens with two attached hydrogens (primary N) is 1. The van der Waals surface area contributed by atoms with Gasteiger partial charge in [-0.25, -0.2) is 4.79 Å². The van der Waals surface area contributed by atoms with Crippen molar-refractivity contribution in [1.29, 1.82) is 0 Å². The zero-order chi connectivity index (χ0) is 14.2. The van der Waals surface area contributed by atoms with E-state index < -0.39 is 5.97 Å². The van der Waals surface area contributed by atoms with Crippen molar-refractivity contribution in [3.8, 4) is 0 Å². The van der Waals surface area contributed by atoms with E-state index in [-0.39, 0.29) is 17.4 Å². The monoisotopic (exact) mass is 260 g/mol. The number of nitrogens with zero attached hydrogens (tertiary/aromatic N) is 1. The molecule has 1 aromatic rings. The van der Waals surface area contributed by atoms with Crippen LogP contribution in [0.5, 0.6) is 0 Å². The SMILES string of the molecule is C=CC1CC(=O)N(c2cc(C(=O)O)cc(N)c2C)C1. The number of carboxylic acids is 1. The fraction of sp³-hybridized carbons (Fsp3) is 0.286. The summed E-state index contributed by atoms with van der Waals surface area (Å²) in [6, 6.07) is 2.91. The van der Waals surface area contributed by atoms with Crippen LogP contribution in [-0.2, 0) is 4.79 Å². The quantitative estimate of drug-likeness (QED) is 0.641. The van der Waals surface area contributed by atoms with E-state index in [4.69, 9.17) is 10.8 Å². The number of hydrogen-bond donors (Lipinski definition) is 2. The van der Waals surface area contributed by atoms with Gasteiger partial charge in [-0.3, -0.25) is 4.79 Å². The predicted molar refractivity (Wildman–Crippen MR) is 73.2 cm³/mol. The third-order valence-electron chi connectivity index (χ3n) is 3.45. The lowest BCUT2D eigenvalue weighted by Crippen LogP contribution is -2.26. The van der Waals surface area contributed by atoms with E-state index in [2.05, 4.69) is 6.58 Å². The Bertz CT molecular complexity index is 566. The van der Waals surface area contributed by atoms with Crippen molar-refractivity contribution in [3.63, 3.8) is 0 Å². The number of benzene rings is 1. The molecule has 3 N–H and O–H groups in total. The van der Waals surface area contributed by atoms with Gasteiger partial charge in [-0.1, -0.05) is 6.08 Å². The number of carboxylic acid groups (broad SMARTS) is 1. The highest BCUT2D eigenvalue weighted by atomic mass is 16.4. The van der Waals surface area contributed by atoms with Crippen molar-refractivity contribution in [2.24, 2.45) is 5.92 Å². The highest BCUT2D eigenvalue weighted by Gasteiger charge is 2.30. The van der Waals surface area contributed by atoms with Gasteiger partial charge in [0.25, 0.3) is 0 Å². The van der Waals surface area contributed by atoms with Crippen molar-refractivity contribution in [2.75, 3.05) is 17.2 Å². The maximum absolute atomic E-state index is 12.0. The van der Waals surface area contributed by atoms with Crippen molar-refractivity contribution >= 4 is 23.3 Å². The first-order chi connectivity index (χ1) is 8.93. The Labute approximate surface area is 111 Å². The molecule has 0 spiro atoms. The van der Waals surface area contributed by atoms with Crippen LogP contribution in [0.1, 0.15) is 22.3 Å². The average Bonchev–Trinajstić information content (AvgIpc) is 2.73. The summed E-state index contributed by atoms with van der Waals surface area (Å²) in [7, 11) is 0. The third kappa shape index (κ3) is 2.31. The number of nitrogen functional groups attached to an aromatic ring is 1. The Morgan fingerprint density at radius 3 is 2.79 bits per heavy atom. The van der Waals surface area contributed by atoms with Gasteiger partial charge in [0.15, 0.2) is 0 Å². The lowest BCUT2D eigenvalue weighted by molar-refractivity contribution is -0.117. The van der Waals surface area contributed by atoms with E-state index in [1.165, 1.54) is 12.1 Å². The van der Waals surface area contributed by atoms with Crippen molar-refractivity contribution in [1.82, 2.24) is 0 Å². The molecule has 1 amide bonds. The van der Waals surface area contributed by atoms with Crippen LogP contribution in [0.3, 0.4) is 0 Å². The number of carbonyl (C=O) groups excluding carboxylic acids is 1. The fourth-order valence-corrected chi connectivity index (χ4v) is 2.25. The number of carbonyl (C=O) groups is 2. The molecule has 19 heavy (non-hydrogen) atoms. The molecule has 2 rings (SSSR count). The summed E-state index contributed by atoms with van der Waals surface area (Å²) in [5, 5.41) is 9.06. The lowest BCUT2D eigenvalue weighted by atomic mass is 10.1. The summed E-state index contributed by atoms with van der Waals surface area (Å²) in [4.78, 5) is 24.6. The van der Waals surface area contributed by atoms with Gasteiger partial charge in [0.1, 0.15) is 0 Å². The zero-order valence-corrected chi connectivity index (χ0v) is 10.7. The molecule has 1 saturated heterocycles. The minimum Gasteiger partial charge on any atom is -0.478 e. The molecule has 5 heteroatoms. The second-order valence-electron chi connectivity index (χ2n) is 4.72. The Morgan fingerprint density at radius 1 is 1.58 bits per heavy atom. The summed E-state index contributed by atoms with van der Waals surface area (Å²) in [5.74, 6) is -0.989. The Hall–Kier alpha value is -2.30. The number of amides is 1. The molecule has 1 aromatic carbocycles. The minimum atomic E-state index is -1.06. The van der Waals surface area contributed by atoms with Crippen LogP contribution in [0.4, 0.5) is 11.4 Å². The molecule has 0 aliphatic carbocycles. The van der Waals surface area contributed by atoms with E-state index in [0.717, 1.165) is 5.56 Å². The molecular weight excluding hydrogens is 244 g/mol. The van der Waals surface area contributed by atoms with Gasteiger partial charge >= 0.3 is 5.97 Å². The van der Waals surface area contributed by atoms with Crippen molar-refractivity contribution in [2.45, 2.75) is 13.3 Å². The first-order valence-electron chi connectivity index (χ1n) is 6.00. The molecule has 1 unspecified atom stereocenters. The lowest BCUT2D eigenvalue weighted by Gasteiger charge is -2.20. The molecule has 1 fully saturated rings. The van der Waals surface area contributed by atoms with Gasteiger partial charge in [0.2, 0.25) is 5.91 Å². The van der Waals surface area contributed by atoms with E-state index in [1.807, 2.05) is 0 Å². The molecule has 5 nitrogen and oxygen atoms in total. The first kappa shape index (κ1) is 13.1. The van der Waals surface area contributed by atoms with E-state index in [0.29, 0.717) is 24.3 Å². The summed E-state index contributed by atoms with van der Waals surface area (Å²) in [6.45, 7) is 6.00. The van der Waals surface area contributed by atoms with Gasteiger partial charge in [0, 0.05) is 30.3 Å². The zero-order valence-electron chi connectivity index (χ0n) is 10.7. The Morgan fingerprint density at radius 2 is 2.26 bits per heavy atom. The maximum Gasteiger partial charge on any atom is 0.335 e. The summed E-state index contributed by atoms with van der Waals surface area (Å²) in [6.07, 6.45) is 2.15. The van der Waals surface area contributed by atoms with E-state index in [1.54, 1.807) is 17.9 Å². The summed E-state index contributed by atoms with van der Waals surface area (Å²) >= 11 is 0. The molecule has 0 saturated carbocycles. The molecule has 1 atom stereocenters. The Balaban J connectivity index is 2.47. The highest BCUT2D eigenvalue weighted by Crippen LogP contribution is 2.32. The number of anilines is 2. The van der Waals surface area contributed by atoms with Crippen LogP contribution in [0.2, 0.25) is 0 Å². The van der Waals surface area contributed by atoms with Crippen LogP contribution in [0.25, 0.3) is 0 Å². The number of aromatic carboxylic acids is 1. The predicted octanol–water partition coefficient (Wildman–Crippen LogP) is 1.81. The van der Waals surface area contributed by atoms with Crippen molar-refractivity contribution < 1.29 is 14.7 Å². The van der Waals surface area contributed by atoms with Crippen LogP contribution >= 0.6 is 0 Å². The topological polar surface area (TPSA) is 83.6 Å². The second kappa shape index (κ2) is 4.76. The molecule has 0 radical (unpaired) electrons. The molecular formula is C14H16N2O3. The molecule has 0 bridgehead atoms. The van der Waals surface area contributed by atoms with Gasteiger partial charge in [-0.05, 0) is 24.6 Å². The van der Waals surface area contributed by atoms with E-state index in [9.17, 15) is 9.59 Å². The van der Waals surface area contributed by atoms with Gasteiger partial charge < -0.3 is 15.7 Å². The fourth-order valence-electron chi connectivity index (χ4n) is 2.25. The molecule has 1 aliphatic rings. The number of rotatable bonds is 3. The van der Waals surface area contributed by atoms with E-state index >= 15 is 0 Å².